The normalized spacial score (nSPS) is 11.9. The lowest BCUT2D eigenvalue weighted by Crippen LogP contribution is -2.29. The van der Waals surface area contributed by atoms with Crippen LogP contribution < -0.4 is 0 Å². The zero-order chi connectivity index (χ0) is 37.3. The number of hydrogen-bond donors (Lipinski definition) is 1. The molecule has 0 aliphatic rings. The van der Waals surface area contributed by atoms with Gasteiger partial charge in [-0.3, -0.25) is 9.59 Å². The summed E-state index contributed by atoms with van der Waals surface area (Å²) in [5, 5.41) is 9.24. The van der Waals surface area contributed by atoms with Crippen molar-refractivity contribution in [1.29, 1.82) is 0 Å². The second-order valence-corrected chi connectivity index (χ2v) is 14.8. The van der Waals surface area contributed by atoms with Crippen LogP contribution in [-0.2, 0) is 19.1 Å². The molecule has 51 heavy (non-hydrogen) atoms. The van der Waals surface area contributed by atoms with Crippen molar-refractivity contribution in [3.63, 3.8) is 0 Å². The molecule has 0 aromatic rings. The van der Waals surface area contributed by atoms with E-state index in [-0.39, 0.29) is 37.7 Å². The van der Waals surface area contributed by atoms with Crippen molar-refractivity contribution < 1.29 is 24.2 Å². The molecule has 0 spiro atoms. The second kappa shape index (κ2) is 41.1. The number of carbonyl (C=O) groups excluding carboxylic acids is 2. The predicted molar refractivity (Wildman–Crippen MR) is 218 cm³/mol. The average molecular weight is 720 g/mol. The maximum Gasteiger partial charge on any atom is 0.309 e. The third-order valence-corrected chi connectivity index (χ3v) is 9.93. The summed E-state index contributed by atoms with van der Waals surface area (Å²) in [4.78, 5) is 27.8. The molecular weight excluding hydrogens is 634 g/mol. The Balaban J connectivity index is 4.26. The molecule has 0 aromatic carbocycles. The SMILES string of the molecule is CCCCC/C=C\C/C=C\CCCCCCCCN(CCCCO)CCC(=O)OCCOC(=O)C(CCCCCCCC)CCCCCCCC. The molecular formula is C45H85NO5. The molecule has 0 rings (SSSR count). The Morgan fingerprint density at radius 3 is 1.55 bits per heavy atom. The lowest BCUT2D eigenvalue weighted by molar-refractivity contribution is -0.155. The molecule has 0 saturated carbocycles. The third kappa shape index (κ3) is 36.5. The number of nitrogens with zero attached hydrogens (tertiary/aromatic N) is 1. The number of aliphatic hydroxyl groups excluding tert-OH is 1. The Morgan fingerprint density at radius 1 is 0.529 bits per heavy atom. The summed E-state index contributed by atoms with van der Waals surface area (Å²) >= 11 is 0. The molecule has 6 nitrogen and oxygen atoms in total. The molecule has 0 aliphatic carbocycles. The number of ether oxygens (including phenoxy) is 2. The van der Waals surface area contributed by atoms with Crippen molar-refractivity contribution >= 4 is 11.9 Å². The van der Waals surface area contributed by atoms with E-state index >= 15 is 0 Å². The summed E-state index contributed by atoms with van der Waals surface area (Å²) in [7, 11) is 0. The van der Waals surface area contributed by atoms with Gasteiger partial charge in [0.25, 0.3) is 0 Å². The maximum absolute atomic E-state index is 13.0. The Morgan fingerprint density at radius 2 is 0.980 bits per heavy atom. The van der Waals surface area contributed by atoms with E-state index in [9.17, 15) is 14.7 Å². The van der Waals surface area contributed by atoms with Crippen molar-refractivity contribution in [2.45, 2.75) is 207 Å². The summed E-state index contributed by atoms with van der Waals surface area (Å²) in [6.45, 7) is 9.73. The van der Waals surface area contributed by atoms with Gasteiger partial charge in [0.1, 0.15) is 13.2 Å². The molecule has 300 valence electrons. The van der Waals surface area contributed by atoms with Crippen molar-refractivity contribution in [3.8, 4) is 0 Å². The molecule has 0 radical (unpaired) electrons. The van der Waals surface area contributed by atoms with Crippen LogP contribution in [0.15, 0.2) is 24.3 Å². The number of hydrogen-bond acceptors (Lipinski definition) is 6. The zero-order valence-corrected chi connectivity index (χ0v) is 34.2. The van der Waals surface area contributed by atoms with E-state index in [1.54, 1.807) is 0 Å². The molecule has 0 heterocycles. The highest BCUT2D eigenvalue weighted by molar-refractivity contribution is 5.72. The second-order valence-electron chi connectivity index (χ2n) is 14.8. The number of esters is 2. The fourth-order valence-corrected chi connectivity index (χ4v) is 6.57. The predicted octanol–water partition coefficient (Wildman–Crippen LogP) is 12.5. The lowest BCUT2D eigenvalue weighted by atomic mass is 9.94. The van der Waals surface area contributed by atoms with Gasteiger partial charge in [0, 0.05) is 13.2 Å². The first-order valence-corrected chi connectivity index (χ1v) is 22.0. The summed E-state index contributed by atoms with van der Waals surface area (Å²) < 4.78 is 11.1. The van der Waals surface area contributed by atoms with Crippen molar-refractivity contribution in [2.75, 3.05) is 39.5 Å². The van der Waals surface area contributed by atoms with Crippen LogP contribution in [-0.4, -0.2) is 61.4 Å². The van der Waals surface area contributed by atoms with E-state index in [2.05, 4.69) is 50.0 Å². The standard InChI is InChI=1S/C45H85NO5/c1-4-7-10-13-16-17-18-19-20-21-22-23-24-25-28-31-37-46(38-32-33-40-47)39-36-44(48)50-41-42-51-45(49)43(34-29-26-14-11-8-5-2)35-30-27-15-12-9-6-3/h16-17,19-20,43,47H,4-15,18,21-42H2,1-3H3/b17-16-,20-19-. The van der Waals surface area contributed by atoms with Gasteiger partial charge in [0.05, 0.1) is 12.3 Å². The van der Waals surface area contributed by atoms with Crippen LogP contribution in [0.1, 0.15) is 207 Å². The summed E-state index contributed by atoms with van der Waals surface area (Å²) in [5.41, 5.74) is 0. The number of carbonyl (C=O) groups is 2. The Bertz CT molecular complexity index is 781. The van der Waals surface area contributed by atoms with Crippen molar-refractivity contribution in [3.05, 3.63) is 24.3 Å². The van der Waals surface area contributed by atoms with Crippen LogP contribution in [0.3, 0.4) is 0 Å². The number of allylic oxidation sites excluding steroid dienone is 4. The highest BCUT2D eigenvalue weighted by Crippen LogP contribution is 2.21. The maximum atomic E-state index is 13.0. The molecule has 0 unspecified atom stereocenters. The van der Waals surface area contributed by atoms with Gasteiger partial charge in [-0.1, -0.05) is 161 Å². The Labute approximate surface area is 317 Å². The van der Waals surface area contributed by atoms with Gasteiger partial charge in [-0.25, -0.2) is 0 Å². The van der Waals surface area contributed by atoms with Gasteiger partial charge in [0.15, 0.2) is 0 Å². The monoisotopic (exact) mass is 720 g/mol. The minimum atomic E-state index is -0.231. The molecule has 0 atom stereocenters. The quantitative estimate of drug-likeness (QED) is 0.0386. The van der Waals surface area contributed by atoms with E-state index in [4.69, 9.17) is 9.47 Å². The van der Waals surface area contributed by atoms with Gasteiger partial charge in [-0.05, 0) is 77.3 Å². The highest BCUT2D eigenvalue weighted by Gasteiger charge is 2.19. The first-order valence-electron chi connectivity index (χ1n) is 22.0. The first kappa shape index (κ1) is 49.3. The third-order valence-electron chi connectivity index (χ3n) is 9.93. The number of aliphatic hydroxyl groups is 1. The fraction of sp³-hybridized carbons (Fsp3) is 0.867. The van der Waals surface area contributed by atoms with Crippen LogP contribution in [0, 0.1) is 5.92 Å². The van der Waals surface area contributed by atoms with Crippen LogP contribution in [0.4, 0.5) is 0 Å². The number of rotatable bonds is 40. The van der Waals surface area contributed by atoms with Gasteiger partial charge in [-0.2, -0.15) is 0 Å². The number of unbranched alkanes of at least 4 members (excludes halogenated alkanes) is 20. The zero-order valence-electron chi connectivity index (χ0n) is 34.2. The smallest absolute Gasteiger partial charge is 0.309 e. The average Bonchev–Trinajstić information content (AvgIpc) is 3.13. The van der Waals surface area contributed by atoms with E-state index in [0.717, 1.165) is 64.5 Å². The Hall–Kier alpha value is -1.66. The summed E-state index contributed by atoms with van der Waals surface area (Å²) in [6, 6.07) is 0. The molecule has 0 aromatic heterocycles. The largest absolute Gasteiger partial charge is 0.462 e. The molecule has 0 bridgehead atoms. The van der Waals surface area contributed by atoms with E-state index in [1.165, 1.54) is 128 Å². The van der Waals surface area contributed by atoms with Gasteiger partial charge < -0.3 is 19.5 Å². The van der Waals surface area contributed by atoms with Crippen molar-refractivity contribution in [2.24, 2.45) is 5.92 Å². The molecule has 0 fully saturated rings. The van der Waals surface area contributed by atoms with Crippen LogP contribution in [0.5, 0.6) is 0 Å². The fourth-order valence-electron chi connectivity index (χ4n) is 6.57. The molecule has 0 saturated heterocycles. The molecule has 6 heteroatoms. The van der Waals surface area contributed by atoms with E-state index in [1.807, 2.05) is 0 Å². The van der Waals surface area contributed by atoms with Crippen LogP contribution in [0.25, 0.3) is 0 Å². The highest BCUT2D eigenvalue weighted by atomic mass is 16.6. The molecule has 1 N–H and O–H groups in total. The molecule has 0 amide bonds. The van der Waals surface area contributed by atoms with E-state index < -0.39 is 0 Å². The summed E-state index contributed by atoms with van der Waals surface area (Å²) in [6.07, 6.45) is 42.6. The minimum Gasteiger partial charge on any atom is -0.462 e. The van der Waals surface area contributed by atoms with E-state index in [0.29, 0.717) is 13.0 Å². The topological polar surface area (TPSA) is 76.1 Å². The first-order chi connectivity index (χ1) is 25.1. The summed E-state index contributed by atoms with van der Waals surface area (Å²) in [5.74, 6) is -0.382. The van der Waals surface area contributed by atoms with Gasteiger partial charge in [-0.15, -0.1) is 0 Å². The minimum absolute atomic E-state index is 0.0370. The molecule has 0 aliphatic heterocycles. The van der Waals surface area contributed by atoms with Gasteiger partial charge >= 0.3 is 11.9 Å². The Kier molecular flexibility index (Phi) is 39.8. The van der Waals surface area contributed by atoms with Crippen LogP contribution in [0.2, 0.25) is 0 Å². The van der Waals surface area contributed by atoms with Crippen molar-refractivity contribution in [1.82, 2.24) is 4.90 Å². The lowest BCUT2D eigenvalue weighted by Gasteiger charge is -2.22. The van der Waals surface area contributed by atoms with Gasteiger partial charge in [0.2, 0.25) is 0 Å². The van der Waals surface area contributed by atoms with Crippen LogP contribution >= 0.6 is 0 Å².